The van der Waals surface area contributed by atoms with Crippen LogP contribution in [-0.2, 0) is 16.1 Å². The first-order chi connectivity index (χ1) is 14.9. The molecule has 2 heterocycles. The highest BCUT2D eigenvalue weighted by molar-refractivity contribution is 6.46. The van der Waals surface area contributed by atoms with Crippen molar-refractivity contribution in [1.82, 2.24) is 4.90 Å². The predicted molar refractivity (Wildman–Crippen MR) is 118 cm³/mol. The van der Waals surface area contributed by atoms with Crippen LogP contribution in [0.1, 0.15) is 53.8 Å². The predicted octanol–water partition coefficient (Wildman–Crippen LogP) is 5.33. The summed E-state index contributed by atoms with van der Waals surface area (Å²) in [5, 5.41) is 11.1. The zero-order valence-corrected chi connectivity index (χ0v) is 17.8. The highest BCUT2D eigenvalue weighted by atomic mass is 16.3. The van der Waals surface area contributed by atoms with Gasteiger partial charge in [0, 0.05) is 5.56 Å². The van der Waals surface area contributed by atoms with E-state index >= 15 is 0 Å². The monoisotopic (exact) mass is 415 g/mol. The van der Waals surface area contributed by atoms with Crippen LogP contribution in [0.4, 0.5) is 0 Å². The van der Waals surface area contributed by atoms with Gasteiger partial charge in [0.15, 0.2) is 0 Å². The van der Waals surface area contributed by atoms with Gasteiger partial charge in [-0.15, -0.1) is 0 Å². The van der Waals surface area contributed by atoms with E-state index < -0.39 is 17.7 Å². The molecule has 1 N–H and O–H groups in total. The molecule has 0 aliphatic carbocycles. The van der Waals surface area contributed by atoms with Gasteiger partial charge in [0.25, 0.3) is 11.7 Å². The topological polar surface area (TPSA) is 70.8 Å². The standard InChI is InChI=1S/C26H25NO4/c1-16(2)18-10-12-19(13-11-18)23-22(24(28)20-8-6-17(3)7-9-20)25(29)26(30)27(23)15-21-5-4-14-31-21/h4-14,16,23,28H,15H2,1-3H3/b24-22-/t23-/m0/s1. The van der Waals surface area contributed by atoms with Crippen LogP contribution in [0.15, 0.2) is 76.9 Å². The highest BCUT2D eigenvalue weighted by Gasteiger charge is 2.46. The van der Waals surface area contributed by atoms with Gasteiger partial charge in [0.1, 0.15) is 11.5 Å². The minimum absolute atomic E-state index is 0.0951. The van der Waals surface area contributed by atoms with Crippen molar-refractivity contribution in [3.63, 3.8) is 0 Å². The summed E-state index contributed by atoms with van der Waals surface area (Å²) < 4.78 is 5.42. The minimum Gasteiger partial charge on any atom is -0.507 e. The molecule has 2 aromatic carbocycles. The molecule has 1 aromatic heterocycles. The van der Waals surface area contributed by atoms with Crippen LogP contribution >= 0.6 is 0 Å². The van der Waals surface area contributed by atoms with Gasteiger partial charge in [0.05, 0.1) is 24.4 Å². The molecule has 0 saturated carbocycles. The molecule has 1 saturated heterocycles. The van der Waals surface area contributed by atoms with Crippen LogP contribution in [0.2, 0.25) is 0 Å². The number of likely N-dealkylation sites (tertiary alicyclic amines) is 1. The zero-order chi connectivity index (χ0) is 22.1. The normalized spacial score (nSPS) is 18.2. The van der Waals surface area contributed by atoms with Crippen LogP contribution < -0.4 is 0 Å². The van der Waals surface area contributed by atoms with Crippen molar-refractivity contribution in [1.29, 1.82) is 0 Å². The Morgan fingerprint density at radius 3 is 2.29 bits per heavy atom. The second-order valence-electron chi connectivity index (χ2n) is 8.19. The molecule has 1 amide bonds. The Kier molecular flexibility index (Phi) is 5.51. The number of aliphatic hydroxyl groups excluding tert-OH is 1. The Morgan fingerprint density at radius 2 is 1.71 bits per heavy atom. The first-order valence-electron chi connectivity index (χ1n) is 10.3. The van der Waals surface area contributed by atoms with Crippen LogP contribution in [-0.4, -0.2) is 21.7 Å². The molecule has 0 radical (unpaired) electrons. The quantitative estimate of drug-likeness (QED) is 0.347. The fourth-order valence-corrected chi connectivity index (χ4v) is 3.89. The van der Waals surface area contributed by atoms with Crippen molar-refractivity contribution < 1.29 is 19.1 Å². The number of amides is 1. The number of benzene rings is 2. The summed E-state index contributed by atoms with van der Waals surface area (Å²) in [6.45, 7) is 6.30. The van der Waals surface area contributed by atoms with Crippen molar-refractivity contribution >= 4 is 17.4 Å². The van der Waals surface area contributed by atoms with Crippen LogP contribution in [0, 0.1) is 6.92 Å². The maximum atomic E-state index is 13.0. The lowest BCUT2D eigenvalue weighted by atomic mass is 9.93. The number of hydrogen-bond donors (Lipinski definition) is 1. The molecule has 1 aliphatic rings. The van der Waals surface area contributed by atoms with Crippen LogP contribution in [0.3, 0.4) is 0 Å². The van der Waals surface area contributed by atoms with E-state index in [-0.39, 0.29) is 17.9 Å². The van der Waals surface area contributed by atoms with Gasteiger partial charge in [0.2, 0.25) is 0 Å². The van der Waals surface area contributed by atoms with E-state index in [2.05, 4.69) is 13.8 Å². The van der Waals surface area contributed by atoms with Gasteiger partial charge >= 0.3 is 0 Å². The van der Waals surface area contributed by atoms with Gasteiger partial charge in [-0.2, -0.15) is 0 Å². The summed E-state index contributed by atoms with van der Waals surface area (Å²) in [5.74, 6) is -0.582. The average Bonchev–Trinajstić information content (AvgIpc) is 3.36. The van der Waals surface area contributed by atoms with Crippen molar-refractivity contribution in [2.45, 2.75) is 39.3 Å². The lowest BCUT2D eigenvalue weighted by molar-refractivity contribution is -0.140. The summed E-state index contributed by atoms with van der Waals surface area (Å²) in [4.78, 5) is 27.5. The summed E-state index contributed by atoms with van der Waals surface area (Å²) in [7, 11) is 0. The molecule has 0 bridgehead atoms. The van der Waals surface area contributed by atoms with Crippen molar-refractivity contribution in [2.75, 3.05) is 0 Å². The number of rotatable bonds is 5. The van der Waals surface area contributed by atoms with E-state index in [1.54, 1.807) is 24.3 Å². The smallest absolute Gasteiger partial charge is 0.296 e. The number of ketones is 1. The van der Waals surface area contributed by atoms with Crippen molar-refractivity contribution in [3.05, 3.63) is 101 Å². The van der Waals surface area contributed by atoms with Crippen LogP contribution in [0.25, 0.3) is 5.76 Å². The molecule has 1 aliphatic heterocycles. The Bertz CT molecular complexity index is 1120. The van der Waals surface area contributed by atoms with Crippen molar-refractivity contribution in [3.8, 4) is 0 Å². The molecule has 0 spiro atoms. The summed E-state index contributed by atoms with van der Waals surface area (Å²) >= 11 is 0. The highest BCUT2D eigenvalue weighted by Crippen LogP contribution is 2.40. The lowest BCUT2D eigenvalue weighted by Gasteiger charge is -2.25. The number of Topliss-reactive ketones (excluding diaryl/α,β-unsaturated/α-hetero) is 1. The third-order valence-electron chi connectivity index (χ3n) is 5.69. The van der Waals surface area contributed by atoms with Crippen molar-refractivity contribution in [2.24, 2.45) is 0 Å². The molecule has 158 valence electrons. The molecule has 31 heavy (non-hydrogen) atoms. The van der Waals surface area contributed by atoms with E-state index in [9.17, 15) is 14.7 Å². The maximum absolute atomic E-state index is 13.0. The fourth-order valence-electron chi connectivity index (χ4n) is 3.89. The summed E-state index contributed by atoms with van der Waals surface area (Å²) in [5.41, 5.74) is 3.56. The Morgan fingerprint density at radius 1 is 1.03 bits per heavy atom. The largest absolute Gasteiger partial charge is 0.507 e. The van der Waals surface area contributed by atoms with Gasteiger partial charge < -0.3 is 14.4 Å². The number of hydrogen-bond acceptors (Lipinski definition) is 4. The van der Waals surface area contributed by atoms with E-state index in [4.69, 9.17) is 4.42 Å². The van der Waals surface area contributed by atoms with Crippen LogP contribution in [0.5, 0.6) is 0 Å². The first kappa shape index (κ1) is 20.7. The van der Waals surface area contributed by atoms with Gasteiger partial charge in [-0.3, -0.25) is 9.59 Å². The molecular weight excluding hydrogens is 390 g/mol. The number of furan rings is 1. The fraction of sp³-hybridized carbons (Fsp3) is 0.231. The van der Waals surface area contributed by atoms with E-state index in [1.807, 2.05) is 43.3 Å². The third-order valence-corrected chi connectivity index (χ3v) is 5.69. The Balaban J connectivity index is 1.84. The Hall–Kier alpha value is -3.60. The number of aryl methyl sites for hydroxylation is 1. The summed E-state index contributed by atoms with van der Waals surface area (Å²) in [6.07, 6.45) is 1.53. The van der Waals surface area contributed by atoms with Gasteiger partial charge in [-0.05, 0) is 36.1 Å². The number of carbonyl (C=O) groups excluding carboxylic acids is 2. The van der Waals surface area contributed by atoms with E-state index in [0.29, 0.717) is 17.2 Å². The molecule has 5 heteroatoms. The van der Waals surface area contributed by atoms with Gasteiger partial charge in [-0.1, -0.05) is 67.9 Å². The second-order valence-corrected chi connectivity index (χ2v) is 8.19. The van der Waals surface area contributed by atoms with E-state index in [0.717, 1.165) is 16.7 Å². The molecule has 1 fully saturated rings. The van der Waals surface area contributed by atoms with E-state index in [1.165, 1.54) is 11.2 Å². The average molecular weight is 415 g/mol. The molecule has 1 atom stereocenters. The first-order valence-corrected chi connectivity index (χ1v) is 10.3. The number of nitrogens with zero attached hydrogens (tertiary/aromatic N) is 1. The number of aliphatic hydroxyl groups is 1. The maximum Gasteiger partial charge on any atom is 0.296 e. The Labute approximate surface area is 181 Å². The van der Waals surface area contributed by atoms with Gasteiger partial charge in [-0.25, -0.2) is 0 Å². The molecular formula is C26H25NO4. The SMILES string of the molecule is Cc1ccc(/C(O)=C2/C(=O)C(=O)N(Cc3ccco3)[C@H]2c2ccc(C(C)C)cc2)cc1. The third kappa shape index (κ3) is 3.91. The molecule has 3 aromatic rings. The molecule has 0 unspecified atom stereocenters. The molecule has 4 rings (SSSR count). The zero-order valence-electron chi connectivity index (χ0n) is 17.8. The minimum atomic E-state index is -0.701. The second kappa shape index (κ2) is 8.26. The molecule has 5 nitrogen and oxygen atoms in total. The lowest BCUT2D eigenvalue weighted by Crippen LogP contribution is -2.29. The summed E-state index contributed by atoms with van der Waals surface area (Å²) in [6, 6.07) is 17.9. The number of carbonyl (C=O) groups is 2.